The summed E-state index contributed by atoms with van der Waals surface area (Å²) in [5, 5.41) is 13.0. The molecule has 3 nitrogen and oxygen atoms in total. The van der Waals surface area contributed by atoms with Gasteiger partial charge >= 0.3 is 0 Å². The third-order valence-corrected chi connectivity index (χ3v) is 3.64. The summed E-state index contributed by atoms with van der Waals surface area (Å²) in [5.74, 6) is 1.09. The van der Waals surface area contributed by atoms with Crippen LogP contribution in [0.3, 0.4) is 0 Å². The maximum absolute atomic E-state index is 8.90. The van der Waals surface area contributed by atoms with Gasteiger partial charge in [0.25, 0.3) is 0 Å². The van der Waals surface area contributed by atoms with Crippen molar-refractivity contribution in [3.05, 3.63) is 0 Å². The van der Waals surface area contributed by atoms with Crippen molar-refractivity contribution < 1.29 is 9.84 Å². The molecule has 2 N–H and O–H groups in total. The first-order valence-corrected chi connectivity index (χ1v) is 6.45. The number of aliphatic hydroxyl groups is 1. The predicted molar refractivity (Wildman–Crippen MR) is 60.8 cm³/mol. The lowest BCUT2D eigenvalue weighted by molar-refractivity contribution is 0.0454. The van der Waals surface area contributed by atoms with E-state index in [4.69, 9.17) is 9.84 Å². The molecule has 1 unspecified atom stereocenters. The zero-order chi connectivity index (χ0) is 10.2. The molecule has 84 valence electrons. The van der Waals surface area contributed by atoms with E-state index in [0.29, 0.717) is 11.3 Å². The van der Waals surface area contributed by atoms with Gasteiger partial charge in [0.15, 0.2) is 0 Å². The van der Waals surface area contributed by atoms with Gasteiger partial charge in [0.1, 0.15) is 0 Å². The third-order valence-electron chi connectivity index (χ3n) is 2.30. The van der Waals surface area contributed by atoms with E-state index in [-0.39, 0.29) is 6.61 Å². The van der Waals surface area contributed by atoms with E-state index in [0.717, 1.165) is 38.4 Å². The molecule has 1 aliphatic rings. The lowest BCUT2D eigenvalue weighted by Crippen LogP contribution is -2.36. The normalized spacial score (nSPS) is 19.3. The molecule has 0 spiro atoms. The topological polar surface area (TPSA) is 41.5 Å². The van der Waals surface area contributed by atoms with Crippen LogP contribution in [0.5, 0.6) is 0 Å². The molecular weight excluding hydrogens is 198 g/mol. The second kappa shape index (κ2) is 7.51. The van der Waals surface area contributed by atoms with Gasteiger partial charge in [-0.1, -0.05) is 6.92 Å². The Bertz CT molecular complexity index is 142. The van der Waals surface area contributed by atoms with Gasteiger partial charge < -0.3 is 15.2 Å². The molecule has 14 heavy (non-hydrogen) atoms. The Labute approximate surface area is 90.6 Å². The Balaban J connectivity index is 2.06. The molecule has 0 saturated carbocycles. The van der Waals surface area contributed by atoms with E-state index in [1.165, 1.54) is 0 Å². The molecule has 0 aromatic rings. The number of ether oxygens (including phenoxy) is 1. The van der Waals surface area contributed by atoms with Crippen molar-refractivity contribution in [3.8, 4) is 0 Å². The van der Waals surface area contributed by atoms with Crippen LogP contribution in [0.25, 0.3) is 0 Å². The number of hydrogen-bond donors (Lipinski definition) is 2. The summed E-state index contributed by atoms with van der Waals surface area (Å²) in [6.45, 7) is 5.31. The Morgan fingerprint density at radius 1 is 1.57 bits per heavy atom. The van der Waals surface area contributed by atoms with Crippen molar-refractivity contribution in [2.45, 2.75) is 31.1 Å². The monoisotopic (exact) mass is 219 g/mol. The van der Waals surface area contributed by atoms with Gasteiger partial charge in [-0.25, -0.2) is 0 Å². The molecule has 0 aromatic heterocycles. The van der Waals surface area contributed by atoms with Crippen LogP contribution in [0.4, 0.5) is 0 Å². The van der Waals surface area contributed by atoms with E-state index in [2.05, 4.69) is 12.2 Å². The molecule has 0 bridgehead atoms. The summed E-state index contributed by atoms with van der Waals surface area (Å²) < 4.78 is 5.12. The summed E-state index contributed by atoms with van der Waals surface area (Å²) in [4.78, 5) is 0. The van der Waals surface area contributed by atoms with Gasteiger partial charge in [0.05, 0.1) is 18.5 Å². The number of rotatable bonds is 8. The lowest BCUT2D eigenvalue weighted by Gasteiger charge is -2.27. The van der Waals surface area contributed by atoms with E-state index in [1.54, 1.807) is 0 Å². The average Bonchev–Trinajstić information content (AvgIpc) is 2.11. The van der Waals surface area contributed by atoms with Gasteiger partial charge in [-0.15, -0.1) is 0 Å². The highest BCUT2D eigenvalue weighted by Gasteiger charge is 2.20. The van der Waals surface area contributed by atoms with Crippen LogP contribution in [0.2, 0.25) is 0 Å². The minimum atomic E-state index is 0.281. The second-order valence-corrected chi connectivity index (χ2v) is 4.99. The largest absolute Gasteiger partial charge is 0.396 e. The average molecular weight is 219 g/mol. The third kappa shape index (κ3) is 4.64. The molecule has 1 heterocycles. The fourth-order valence-corrected chi connectivity index (χ4v) is 2.49. The molecule has 0 amide bonds. The first kappa shape index (κ1) is 12.3. The molecular formula is C10H21NO2S. The number of hydrogen-bond acceptors (Lipinski definition) is 4. The fourth-order valence-electron chi connectivity index (χ4n) is 1.31. The van der Waals surface area contributed by atoms with Crippen LogP contribution in [0.15, 0.2) is 0 Å². The number of aliphatic hydroxyl groups excluding tert-OH is 1. The molecule has 4 heteroatoms. The summed E-state index contributed by atoms with van der Waals surface area (Å²) in [5.41, 5.74) is 0. The molecule has 1 aliphatic heterocycles. The van der Waals surface area contributed by atoms with Gasteiger partial charge in [-0.05, 0) is 19.4 Å². The highest BCUT2D eigenvalue weighted by molar-refractivity contribution is 8.00. The number of thioether (sulfide) groups is 1. The molecule has 0 aromatic carbocycles. The molecule has 0 aliphatic carbocycles. The molecule has 1 atom stereocenters. The summed E-state index contributed by atoms with van der Waals surface area (Å²) >= 11 is 1.96. The maximum atomic E-state index is 8.90. The smallest absolute Gasteiger partial charge is 0.0607 e. The van der Waals surface area contributed by atoms with Crippen LogP contribution >= 0.6 is 11.8 Å². The predicted octanol–water partition coefficient (Wildman–Crippen LogP) is 0.869. The van der Waals surface area contributed by atoms with Crippen molar-refractivity contribution in [3.63, 3.8) is 0 Å². The van der Waals surface area contributed by atoms with Crippen molar-refractivity contribution in [2.75, 3.05) is 32.1 Å². The summed E-state index contributed by atoms with van der Waals surface area (Å²) in [6.07, 6.45) is 2.01. The highest BCUT2D eigenvalue weighted by Crippen LogP contribution is 2.20. The Morgan fingerprint density at radius 3 is 2.86 bits per heavy atom. The van der Waals surface area contributed by atoms with E-state index >= 15 is 0 Å². The Morgan fingerprint density at radius 2 is 2.36 bits per heavy atom. The van der Waals surface area contributed by atoms with E-state index < -0.39 is 0 Å². The molecule has 1 saturated heterocycles. The zero-order valence-corrected chi connectivity index (χ0v) is 9.68. The minimum Gasteiger partial charge on any atom is -0.396 e. The first-order valence-electron chi connectivity index (χ1n) is 5.40. The maximum Gasteiger partial charge on any atom is 0.0607 e. The molecule has 1 rings (SSSR count). The number of nitrogens with one attached hydrogen (secondary N) is 1. The van der Waals surface area contributed by atoms with Crippen molar-refractivity contribution in [1.29, 1.82) is 0 Å². The van der Waals surface area contributed by atoms with Crippen molar-refractivity contribution in [1.82, 2.24) is 5.32 Å². The summed E-state index contributed by atoms with van der Waals surface area (Å²) in [7, 11) is 0. The second-order valence-electron chi connectivity index (χ2n) is 3.66. The van der Waals surface area contributed by atoms with Crippen LogP contribution in [-0.2, 0) is 4.74 Å². The van der Waals surface area contributed by atoms with Gasteiger partial charge in [0.2, 0.25) is 0 Å². The lowest BCUT2D eigenvalue weighted by atomic mass is 10.2. The van der Waals surface area contributed by atoms with Crippen LogP contribution in [0, 0.1) is 0 Å². The van der Waals surface area contributed by atoms with Gasteiger partial charge in [-0.2, -0.15) is 11.8 Å². The minimum absolute atomic E-state index is 0.281. The quantitative estimate of drug-likeness (QED) is 0.635. The van der Waals surface area contributed by atoms with Gasteiger partial charge in [-0.3, -0.25) is 0 Å². The first-order chi connectivity index (χ1) is 6.86. The Kier molecular flexibility index (Phi) is 6.60. The SMILES string of the molecule is CCCNC(CCO)CSC1COC1. The molecule has 0 radical (unpaired) electrons. The highest BCUT2D eigenvalue weighted by atomic mass is 32.2. The Hall–Kier alpha value is 0.230. The summed E-state index contributed by atoms with van der Waals surface area (Å²) in [6, 6.07) is 0.463. The van der Waals surface area contributed by atoms with Crippen molar-refractivity contribution in [2.24, 2.45) is 0 Å². The van der Waals surface area contributed by atoms with E-state index in [9.17, 15) is 0 Å². The van der Waals surface area contributed by atoms with E-state index in [1.807, 2.05) is 11.8 Å². The van der Waals surface area contributed by atoms with Crippen LogP contribution < -0.4 is 5.32 Å². The fraction of sp³-hybridized carbons (Fsp3) is 1.00. The zero-order valence-electron chi connectivity index (χ0n) is 8.87. The van der Waals surface area contributed by atoms with Crippen LogP contribution in [-0.4, -0.2) is 48.5 Å². The van der Waals surface area contributed by atoms with Crippen molar-refractivity contribution >= 4 is 11.8 Å². The van der Waals surface area contributed by atoms with Crippen LogP contribution in [0.1, 0.15) is 19.8 Å². The standard InChI is InChI=1S/C10H21NO2S/c1-2-4-11-9(3-5-12)8-14-10-6-13-7-10/h9-12H,2-8H2,1H3. The molecule has 1 fully saturated rings. The van der Waals surface area contributed by atoms with Gasteiger partial charge in [0, 0.05) is 18.4 Å².